The molecule has 1 amide bonds. The van der Waals surface area contributed by atoms with E-state index in [0.29, 0.717) is 6.54 Å². The molecule has 0 spiro atoms. The fraction of sp³-hybridized carbons (Fsp3) is 0.562. The number of nitrogens with two attached hydrogens (primary N) is 1. The van der Waals surface area contributed by atoms with Gasteiger partial charge in [0, 0.05) is 11.6 Å². The lowest BCUT2D eigenvalue weighted by Crippen LogP contribution is -2.51. The van der Waals surface area contributed by atoms with Gasteiger partial charge >= 0.3 is 0 Å². The first-order valence-corrected chi connectivity index (χ1v) is 7.74. The van der Waals surface area contributed by atoms with E-state index < -0.39 is 5.54 Å². The van der Waals surface area contributed by atoms with Gasteiger partial charge < -0.3 is 11.1 Å². The van der Waals surface area contributed by atoms with E-state index in [2.05, 4.69) is 24.1 Å². The zero-order chi connectivity index (χ0) is 16.0. The van der Waals surface area contributed by atoms with Gasteiger partial charge in [-0.1, -0.05) is 43.6 Å². The normalized spacial score (nSPS) is 13.3. The molecule has 0 saturated heterocycles. The molecule has 1 unspecified atom stereocenters. The number of hydrogen-bond acceptors (Lipinski definition) is 3. The van der Waals surface area contributed by atoms with Crippen LogP contribution in [0.4, 0.5) is 0 Å². The highest BCUT2D eigenvalue weighted by molar-refractivity contribution is 6.31. The van der Waals surface area contributed by atoms with Crippen molar-refractivity contribution in [2.45, 2.75) is 39.3 Å². The molecule has 0 saturated carbocycles. The lowest BCUT2D eigenvalue weighted by atomic mass is 10.0. The van der Waals surface area contributed by atoms with E-state index in [1.807, 2.05) is 24.3 Å². The average molecular weight is 312 g/mol. The standard InChI is InChI=1S/C16H26ClN3O/c1-5-20(6-2)14(11-19-15(21)16(3,4)18)12-9-7-8-10-13(12)17/h7-10,14H,5-6,11,18H2,1-4H3,(H,19,21). The Morgan fingerprint density at radius 1 is 1.33 bits per heavy atom. The molecule has 118 valence electrons. The molecular weight excluding hydrogens is 286 g/mol. The van der Waals surface area contributed by atoms with E-state index in [1.165, 1.54) is 0 Å². The van der Waals surface area contributed by atoms with Crippen molar-refractivity contribution in [2.24, 2.45) is 5.73 Å². The Kier molecular flexibility index (Phi) is 6.65. The third-order valence-corrected chi connectivity index (χ3v) is 3.90. The van der Waals surface area contributed by atoms with Gasteiger partial charge in [0.2, 0.25) is 5.91 Å². The topological polar surface area (TPSA) is 58.4 Å². The average Bonchev–Trinajstić information content (AvgIpc) is 2.43. The molecule has 1 rings (SSSR count). The van der Waals surface area contributed by atoms with Crippen molar-refractivity contribution in [1.82, 2.24) is 10.2 Å². The molecule has 0 aliphatic carbocycles. The minimum atomic E-state index is -0.881. The van der Waals surface area contributed by atoms with Gasteiger partial charge in [0.25, 0.3) is 0 Å². The summed E-state index contributed by atoms with van der Waals surface area (Å²) in [6.45, 7) is 9.85. The molecule has 0 heterocycles. The van der Waals surface area contributed by atoms with Crippen LogP contribution in [0.25, 0.3) is 0 Å². The lowest BCUT2D eigenvalue weighted by Gasteiger charge is -2.31. The van der Waals surface area contributed by atoms with Gasteiger partial charge in [-0.3, -0.25) is 9.69 Å². The Hall–Kier alpha value is -1.10. The fourth-order valence-electron chi connectivity index (χ4n) is 2.26. The van der Waals surface area contributed by atoms with Gasteiger partial charge in [-0.2, -0.15) is 0 Å². The number of halogens is 1. The number of rotatable bonds is 7. The van der Waals surface area contributed by atoms with Gasteiger partial charge in [0.1, 0.15) is 0 Å². The van der Waals surface area contributed by atoms with Crippen LogP contribution in [0.5, 0.6) is 0 Å². The van der Waals surface area contributed by atoms with Gasteiger partial charge in [-0.25, -0.2) is 0 Å². The van der Waals surface area contributed by atoms with Crippen molar-refractivity contribution >= 4 is 17.5 Å². The maximum Gasteiger partial charge on any atom is 0.239 e. The molecule has 5 heteroatoms. The molecule has 0 bridgehead atoms. The van der Waals surface area contributed by atoms with E-state index in [-0.39, 0.29) is 11.9 Å². The zero-order valence-corrected chi connectivity index (χ0v) is 14.1. The second kappa shape index (κ2) is 7.78. The van der Waals surface area contributed by atoms with E-state index in [1.54, 1.807) is 13.8 Å². The Bertz CT molecular complexity index is 467. The second-order valence-corrected chi connectivity index (χ2v) is 6.10. The third kappa shape index (κ3) is 4.99. The van der Waals surface area contributed by atoms with E-state index in [4.69, 9.17) is 17.3 Å². The highest BCUT2D eigenvalue weighted by Gasteiger charge is 2.25. The van der Waals surface area contributed by atoms with Gasteiger partial charge in [0.15, 0.2) is 0 Å². The Morgan fingerprint density at radius 2 is 1.90 bits per heavy atom. The summed E-state index contributed by atoms with van der Waals surface area (Å²) < 4.78 is 0. The Balaban J connectivity index is 2.94. The molecule has 1 aromatic rings. The smallest absolute Gasteiger partial charge is 0.239 e. The minimum absolute atomic E-state index is 0.0417. The SMILES string of the molecule is CCN(CC)C(CNC(=O)C(C)(C)N)c1ccccc1Cl. The summed E-state index contributed by atoms with van der Waals surface area (Å²) in [6.07, 6.45) is 0. The van der Waals surface area contributed by atoms with Crippen LogP contribution in [0, 0.1) is 0 Å². The number of benzene rings is 1. The van der Waals surface area contributed by atoms with Crippen LogP contribution in [0.2, 0.25) is 5.02 Å². The number of hydrogen-bond donors (Lipinski definition) is 2. The summed E-state index contributed by atoms with van der Waals surface area (Å²) >= 11 is 6.32. The van der Waals surface area contributed by atoms with Crippen LogP contribution in [0.3, 0.4) is 0 Å². The van der Waals surface area contributed by atoms with Crippen molar-refractivity contribution in [3.05, 3.63) is 34.9 Å². The molecular formula is C16H26ClN3O. The number of nitrogens with one attached hydrogen (secondary N) is 1. The maximum absolute atomic E-state index is 12.0. The first-order valence-electron chi connectivity index (χ1n) is 7.36. The number of amides is 1. The molecule has 0 radical (unpaired) electrons. The summed E-state index contributed by atoms with van der Waals surface area (Å²) in [6, 6.07) is 7.80. The van der Waals surface area contributed by atoms with E-state index in [0.717, 1.165) is 23.7 Å². The monoisotopic (exact) mass is 311 g/mol. The van der Waals surface area contributed by atoms with Crippen LogP contribution in [-0.4, -0.2) is 36.0 Å². The van der Waals surface area contributed by atoms with Gasteiger partial charge in [-0.15, -0.1) is 0 Å². The summed E-state index contributed by atoms with van der Waals surface area (Å²) in [4.78, 5) is 14.3. The van der Waals surface area contributed by atoms with Crippen LogP contribution < -0.4 is 11.1 Å². The second-order valence-electron chi connectivity index (χ2n) is 5.69. The maximum atomic E-state index is 12.0. The summed E-state index contributed by atoms with van der Waals surface area (Å²) in [7, 11) is 0. The minimum Gasteiger partial charge on any atom is -0.353 e. The summed E-state index contributed by atoms with van der Waals surface area (Å²) in [5, 5.41) is 3.65. The van der Waals surface area contributed by atoms with E-state index >= 15 is 0 Å². The molecule has 0 aliphatic heterocycles. The zero-order valence-electron chi connectivity index (χ0n) is 13.3. The lowest BCUT2D eigenvalue weighted by molar-refractivity contribution is -0.125. The third-order valence-electron chi connectivity index (χ3n) is 3.56. The van der Waals surface area contributed by atoms with Gasteiger partial charge in [0.05, 0.1) is 11.6 Å². The first kappa shape index (κ1) is 18.0. The van der Waals surface area contributed by atoms with Crippen molar-refractivity contribution in [3.63, 3.8) is 0 Å². The quantitative estimate of drug-likeness (QED) is 0.813. The van der Waals surface area contributed by atoms with E-state index in [9.17, 15) is 4.79 Å². The molecule has 0 aromatic heterocycles. The van der Waals surface area contributed by atoms with Crippen molar-refractivity contribution in [1.29, 1.82) is 0 Å². The first-order chi connectivity index (χ1) is 9.81. The molecule has 3 N–H and O–H groups in total. The van der Waals surface area contributed by atoms with Crippen LogP contribution in [-0.2, 0) is 4.79 Å². The molecule has 0 fully saturated rings. The van der Waals surface area contributed by atoms with Crippen molar-refractivity contribution in [3.8, 4) is 0 Å². The molecule has 1 atom stereocenters. The van der Waals surface area contributed by atoms with Crippen LogP contribution >= 0.6 is 11.6 Å². The summed E-state index contributed by atoms with van der Waals surface area (Å²) in [5.41, 5.74) is 5.97. The Labute approximate surface area is 132 Å². The van der Waals surface area contributed by atoms with Gasteiger partial charge in [-0.05, 0) is 38.6 Å². The molecule has 21 heavy (non-hydrogen) atoms. The molecule has 4 nitrogen and oxygen atoms in total. The highest BCUT2D eigenvalue weighted by Crippen LogP contribution is 2.27. The predicted molar refractivity (Wildman–Crippen MR) is 88.4 cm³/mol. The summed E-state index contributed by atoms with van der Waals surface area (Å²) in [5.74, 6) is -0.160. The highest BCUT2D eigenvalue weighted by atomic mass is 35.5. The molecule has 1 aromatic carbocycles. The number of carbonyl (C=O) groups excluding carboxylic acids is 1. The van der Waals surface area contributed by atoms with Crippen molar-refractivity contribution in [2.75, 3.05) is 19.6 Å². The fourth-order valence-corrected chi connectivity index (χ4v) is 2.52. The Morgan fingerprint density at radius 3 is 2.38 bits per heavy atom. The number of likely N-dealkylation sites (N-methyl/N-ethyl adjacent to an activating group) is 1. The molecule has 0 aliphatic rings. The van der Waals surface area contributed by atoms with Crippen molar-refractivity contribution < 1.29 is 4.79 Å². The predicted octanol–water partition coefficient (Wildman–Crippen LogP) is 2.58. The number of nitrogens with zero attached hydrogens (tertiary/aromatic N) is 1. The largest absolute Gasteiger partial charge is 0.353 e. The van der Waals surface area contributed by atoms with Crippen LogP contribution in [0.15, 0.2) is 24.3 Å². The van der Waals surface area contributed by atoms with Crippen LogP contribution in [0.1, 0.15) is 39.3 Å². The number of carbonyl (C=O) groups is 1.